The van der Waals surface area contributed by atoms with Crippen LogP contribution < -0.4 is 0 Å². The van der Waals surface area contributed by atoms with E-state index >= 15 is 0 Å². The standard InChI is InChI=1S/C21H17ClO2/c22-20-8-4-5-17(13-20)15-24-21(23)14-16-9-11-19(12-10-16)18-6-2-1-3-7-18/h1-13H,14-15H2. The van der Waals surface area contributed by atoms with E-state index in [-0.39, 0.29) is 19.0 Å². The lowest BCUT2D eigenvalue weighted by molar-refractivity contribution is -0.144. The fourth-order valence-electron chi connectivity index (χ4n) is 2.45. The normalized spacial score (nSPS) is 10.4. The average molecular weight is 337 g/mol. The Morgan fingerprint density at radius 3 is 2.21 bits per heavy atom. The maximum Gasteiger partial charge on any atom is 0.310 e. The molecule has 0 aliphatic heterocycles. The highest BCUT2D eigenvalue weighted by Gasteiger charge is 2.06. The fourth-order valence-corrected chi connectivity index (χ4v) is 2.67. The fraction of sp³-hybridized carbons (Fsp3) is 0.0952. The molecular weight excluding hydrogens is 320 g/mol. The third-order valence-corrected chi connectivity index (χ3v) is 3.93. The van der Waals surface area contributed by atoms with Crippen molar-refractivity contribution in [2.75, 3.05) is 0 Å². The molecule has 0 N–H and O–H groups in total. The molecule has 0 heterocycles. The second-order valence-corrected chi connectivity index (χ2v) is 5.97. The number of hydrogen-bond acceptors (Lipinski definition) is 2. The highest BCUT2D eigenvalue weighted by molar-refractivity contribution is 6.30. The smallest absolute Gasteiger partial charge is 0.310 e. The van der Waals surface area contributed by atoms with Gasteiger partial charge in [-0.1, -0.05) is 78.3 Å². The van der Waals surface area contributed by atoms with Gasteiger partial charge in [-0.15, -0.1) is 0 Å². The van der Waals surface area contributed by atoms with Crippen LogP contribution in [0.5, 0.6) is 0 Å². The minimum Gasteiger partial charge on any atom is -0.461 e. The molecule has 0 aliphatic carbocycles. The SMILES string of the molecule is O=C(Cc1ccc(-c2ccccc2)cc1)OCc1cccc(Cl)c1. The van der Waals surface area contributed by atoms with Gasteiger partial charge in [-0.05, 0) is 34.4 Å². The van der Waals surface area contributed by atoms with Crippen molar-refractivity contribution in [2.45, 2.75) is 13.0 Å². The van der Waals surface area contributed by atoms with Gasteiger partial charge < -0.3 is 4.74 Å². The zero-order valence-electron chi connectivity index (χ0n) is 13.1. The Kier molecular flexibility index (Phi) is 5.29. The number of hydrogen-bond donors (Lipinski definition) is 0. The van der Waals surface area contributed by atoms with Gasteiger partial charge in [0.1, 0.15) is 6.61 Å². The van der Waals surface area contributed by atoms with Crippen LogP contribution in [0.2, 0.25) is 5.02 Å². The zero-order valence-corrected chi connectivity index (χ0v) is 13.9. The highest BCUT2D eigenvalue weighted by Crippen LogP contribution is 2.19. The lowest BCUT2D eigenvalue weighted by Gasteiger charge is -2.07. The molecule has 0 atom stereocenters. The Morgan fingerprint density at radius 2 is 1.50 bits per heavy atom. The van der Waals surface area contributed by atoms with Crippen LogP contribution in [-0.2, 0) is 22.6 Å². The third-order valence-electron chi connectivity index (χ3n) is 3.70. The van der Waals surface area contributed by atoms with E-state index in [1.165, 1.54) is 0 Å². The number of benzene rings is 3. The summed E-state index contributed by atoms with van der Waals surface area (Å²) in [5.41, 5.74) is 4.11. The van der Waals surface area contributed by atoms with Crippen LogP contribution in [0, 0.1) is 0 Å². The summed E-state index contributed by atoms with van der Waals surface area (Å²) in [6, 6.07) is 25.4. The van der Waals surface area contributed by atoms with Crippen molar-refractivity contribution in [1.82, 2.24) is 0 Å². The predicted molar refractivity (Wildman–Crippen MR) is 96.8 cm³/mol. The third kappa shape index (κ3) is 4.46. The Hall–Kier alpha value is -2.58. The van der Waals surface area contributed by atoms with Gasteiger partial charge >= 0.3 is 5.97 Å². The maximum atomic E-state index is 12.0. The summed E-state index contributed by atoms with van der Waals surface area (Å²) in [6.07, 6.45) is 0.260. The van der Waals surface area contributed by atoms with E-state index in [1.807, 2.05) is 54.6 Å². The molecule has 0 fully saturated rings. The van der Waals surface area contributed by atoms with Crippen LogP contribution in [0.4, 0.5) is 0 Å². The Balaban J connectivity index is 1.57. The highest BCUT2D eigenvalue weighted by atomic mass is 35.5. The largest absolute Gasteiger partial charge is 0.461 e. The number of rotatable bonds is 5. The van der Waals surface area contributed by atoms with Crippen molar-refractivity contribution in [3.8, 4) is 11.1 Å². The molecular formula is C21H17ClO2. The molecule has 0 bridgehead atoms. The van der Waals surface area contributed by atoms with E-state index in [2.05, 4.69) is 12.1 Å². The molecule has 3 aromatic carbocycles. The molecule has 0 aliphatic rings. The summed E-state index contributed by atoms with van der Waals surface area (Å²) < 4.78 is 5.30. The van der Waals surface area contributed by atoms with E-state index < -0.39 is 0 Å². The molecule has 0 amide bonds. The molecule has 120 valence electrons. The monoisotopic (exact) mass is 336 g/mol. The average Bonchev–Trinajstić information content (AvgIpc) is 2.61. The molecule has 0 spiro atoms. The van der Waals surface area contributed by atoms with Gasteiger partial charge in [0.05, 0.1) is 6.42 Å². The van der Waals surface area contributed by atoms with Crippen LogP contribution in [-0.4, -0.2) is 5.97 Å². The van der Waals surface area contributed by atoms with E-state index in [0.29, 0.717) is 5.02 Å². The van der Waals surface area contributed by atoms with Crippen molar-refractivity contribution in [3.05, 3.63) is 95.0 Å². The van der Waals surface area contributed by atoms with Gasteiger partial charge in [-0.3, -0.25) is 4.79 Å². The topological polar surface area (TPSA) is 26.3 Å². The lowest BCUT2D eigenvalue weighted by Crippen LogP contribution is -2.07. The first kappa shape index (κ1) is 16.3. The minimum absolute atomic E-state index is 0.238. The first-order valence-electron chi connectivity index (χ1n) is 7.75. The number of esters is 1. The lowest BCUT2D eigenvalue weighted by atomic mass is 10.0. The van der Waals surface area contributed by atoms with Crippen molar-refractivity contribution in [3.63, 3.8) is 0 Å². The van der Waals surface area contributed by atoms with Crippen LogP contribution in [0.15, 0.2) is 78.9 Å². The van der Waals surface area contributed by atoms with E-state index in [4.69, 9.17) is 16.3 Å². The zero-order chi connectivity index (χ0) is 16.8. The van der Waals surface area contributed by atoms with E-state index in [1.54, 1.807) is 12.1 Å². The molecule has 24 heavy (non-hydrogen) atoms. The maximum absolute atomic E-state index is 12.0. The summed E-state index contributed by atoms with van der Waals surface area (Å²) in [6.45, 7) is 0.238. The molecule has 2 nitrogen and oxygen atoms in total. The summed E-state index contributed by atoms with van der Waals surface area (Å²) in [7, 11) is 0. The van der Waals surface area contributed by atoms with Gasteiger partial charge in [0.2, 0.25) is 0 Å². The quantitative estimate of drug-likeness (QED) is 0.591. The number of carbonyl (C=O) groups is 1. The van der Waals surface area contributed by atoms with Gasteiger partial charge in [-0.25, -0.2) is 0 Å². The van der Waals surface area contributed by atoms with Crippen LogP contribution >= 0.6 is 11.6 Å². The molecule has 0 aromatic heterocycles. The predicted octanol–water partition coefficient (Wildman–Crippen LogP) is 5.29. The van der Waals surface area contributed by atoms with E-state index in [9.17, 15) is 4.79 Å². The molecule has 3 rings (SSSR count). The summed E-state index contributed by atoms with van der Waals surface area (Å²) in [4.78, 5) is 12.0. The Bertz CT molecular complexity index is 811. The van der Waals surface area contributed by atoms with Crippen LogP contribution in [0.1, 0.15) is 11.1 Å². The molecule has 3 heteroatoms. The summed E-state index contributed by atoms with van der Waals surface area (Å²) >= 11 is 5.91. The summed E-state index contributed by atoms with van der Waals surface area (Å²) in [5.74, 6) is -0.248. The molecule has 0 unspecified atom stereocenters. The first-order valence-corrected chi connectivity index (χ1v) is 8.13. The van der Waals surface area contributed by atoms with Crippen LogP contribution in [0.3, 0.4) is 0 Å². The Labute approximate surface area is 146 Å². The van der Waals surface area contributed by atoms with Crippen molar-refractivity contribution >= 4 is 17.6 Å². The number of carbonyl (C=O) groups excluding carboxylic acids is 1. The Morgan fingerprint density at radius 1 is 0.792 bits per heavy atom. The molecule has 0 saturated carbocycles. The molecule has 0 saturated heterocycles. The summed E-state index contributed by atoms with van der Waals surface area (Å²) in [5, 5.41) is 0.639. The number of ether oxygens (including phenoxy) is 1. The van der Waals surface area contributed by atoms with Gasteiger partial charge in [-0.2, -0.15) is 0 Å². The van der Waals surface area contributed by atoms with Crippen LogP contribution in [0.25, 0.3) is 11.1 Å². The molecule has 0 radical (unpaired) electrons. The first-order chi connectivity index (χ1) is 11.7. The minimum atomic E-state index is -0.248. The number of halogens is 1. The van der Waals surface area contributed by atoms with Crippen molar-refractivity contribution < 1.29 is 9.53 Å². The van der Waals surface area contributed by atoms with Crippen molar-refractivity contribution in [1.29, 1.82) is 0 Å². The molecule has 3 aromatic rings. The van der Waals surface area contributed by atoms with Crippen molar-refractivity contribution in [2.24, 2.45) is 0 Å². The second-order valence-electron chi connectivity index (χ2n) is 5.53. The van der Waals surface area contributed by atoms with E-state index in [0.717, 1.165) is 22.3 Å². The van der Waals surface area contributed by atoms with Gasteiger partial charge in [0, 0.05) is 5.02 Å². The van der Waals surface area contributed by atoms with Gasteiger partial charge in [0.25, 0.3) is 0 Å². The second kappa shape index (κ2) is 7.80. The van der Waals surface area contributed by atoms with Gasteiger partial charge in [0.15, 0.2) is 0 Å².